The molecule has 0 radical (unpaired) electrons. The third kappa shape index (κ3) is 3.53. The molecule has 1 unspecified atom stereocenters. The molecule has 148 valence electrons. The summed E-state index contributed by atoms with van der Waals surface area (Å²) >= 11 is 0. The zero-order valence-electron chi connectivity index (χ0n) is 15.3. The Balaban J connectivity index is 2.30. The third-order valence-corrected chi connectivity index (χ3v) is 4.14. The van der Waals surface area contributed by atoms with Gasteiger partial charge in [-0.15, -0.1) is 0 Å². The number of nitrogen functional groups attached to an aromatic ring is 2. The number of anilines is 3. The largest absolute Gasteiger partial charge is 0.490 e. The number of halogens is 2. The van der Waals surface area contributed by atoms with Gasteiger partial charge in [0.15, 0.2) is 17.8 Å². The van der Waals surface area contributed by atoms with Gasteiger partial charge in [-0.05, 0) is 12.5 Å². The smallest absolute Gasteiger partial charge is 0.211 e. The third-order valence-electron chi connectivity index (χ3n) is 4.14. The van der Waals surface area contributed by atoms with Crippen molar-refractivity contribution in [3.8, 4) is 18.0 Å². The molecule has 6 N–H and O–H groups in total. The van der Waals surface area contributed by atoms with Gasteiger partial charge in [0.05, 0.1) is 12.3 Å². The molecule has 0 aliphatic carbocycles. The molecule has 1 aliphatic heterocycles. The SMILES string of the molecule is CCCOc1c(F)cc(F)cc1C1N=C(NC#N)Nc2nc(N)c(C#N)c(N)c21. The number of ether oxygens (including phenoxy) is 1. The molecule has 0 bridgehead atoms. The Bertz CT molecular complexity index is 1090. The van der Waals surface area contributed by atoms with Gasteiger partial charge in [-0.1, -0.05) is 6.92 Å². The Morgan fingerprint density at radius 3 is 2.72 bits per heavy atom. The summed E-state index contributed by atoms with van der Waals surface area (Å²) in [6.45, 7) is 2.01. The summed E-state index contributed by atoms with van der Waals surface area (Å²) in [6, 6.07) is 2.50. The van der Waals surface area contributed by atoms with Crippen LogP contribution in [-0.4, -0.2) is 17.6 Å². The molecule has 2 aromatic rings. The fraction of sp³-hybridized carbons (Fsp3) is 0.222. The lowest BCUT2D eigenvalue weighted by Gasteiger charge is -2.27. The van der Waals surface area contributed by atoms with E-state index in [1.165, 1.54) is 0 Å². The van der Waals surface area contributed by atoms with Crippen LogP contribution in [-0.2, 0) is 0 Å². The number of aliphatic imine (C=N–C) groups is 1. The summed E-state index contributed by atoms with van der Waals surface area (Å²) in [4.78, 5) is 8.38. The van der Waals surface area contributed by atoms with E-state index in [1.54, 1.807) is 6.19 Å². The second-order valence-corrected chi connectivity index (χ2v) is 6.06. The molecular formula is C18H16F2N8O. The number of guanidine groups is 1. The van der Waals surface area contributed by atoms with E-state index < -0.39 is 17.7 Å². The van der Waals surface area contributed by atoms with Gasteiger partial charge < -0.3 is 21.5 Å². The van der Waals surface area contributed by atoms with E-state index >= 15 is 0 Å². The molecule has 0 amide bonds. The molecule has 3 rings (SSSR count). The summed E-state index contributed by atoms with van der Waals surface area (Å²) in [5, 5.41) is 23.3. The van der Waals surface area contributed by atoms with Crippen molar-refractivity contribution in [2.24, 2.45) is 4.99 Å². The predicted molar refractivity (Wildman–Crippen MR) is 102 cm³/mol. The highest BCUT2D eigenvalue weighted by Gasteiger charge is 2.32. The van der Waals surface area contributed by atoms with Crippen molar-refractivity contribution in [2.75, 3.05) is 23.4 Å². The van der Waals surface area contributed by atoms with Crippen molar-refractivity contribution in [1.82, 2.24) is 10.3 Å². The number of pyridine rings is 1. The number of benzene rings is 1. The van der Waals surface area contributed by atoms with Crippen LogP contribution in [0.5, 0.6) is 5.75 Å². The molecule has 1 aliphatic rings. The lowest BCUT2D eigenvalue weighted by molar-refractivity contribution is 0.295. The number of rotatable bonds is 4. The maximum atomic E-state index is 14.5. The summed E-state index contributed by atoms with van der Waals surface area (Å²) in [7, 11) is 0. The Kier molecular flexibility index (Phi) is 5.32. The average molecular weight is 398 g/mol. The standard InChI is InChI=1S/C18H16F2N8O/c1-2-3-29-15-9(4-8(19)5-11(15)20)14-12-13(23)10(6-21)16(24)27-17(12)28-18(26-14)25-7-22/h4-5,14H,2-3H2,1H3,(H6,23,24,25,26,27,28). The lowest BCUT2D eigenvalue weighted by atomic mass is 9.94. The van der Waals surface area contributed by atoms with Crippen LogP contribution in [0, 0.1) is 34.4 Å². The number of nitrogens with two attached hydrogens (primary N) is 2. The molecule has 29 heavy (non-hydrogen) atoms. The van der Waals surface area contributed by atoms with Crippen LogP contribution in [0.2, 0.25) is 0 Å². The van der Waals surface area contributed by atoms with E-state index in [9.17, 15) is 14.0 Å². The maximum Gasteiger partial charge on any atom is 0.211 e. The van der Waals surface area contributed by atoms with Gasteiger partial charge in [-0.25, -0.2) is 18.8 Å². The Hall–Kier alpha value is -4.12. The molecule has 9 nitrogen and oxygen atoms in total. The van der Waals surface area contributed by atoms with Crippen molar-refractivity contribution in [3.05, 3.63) is 40.5 Å². The van der Waals surface area contributed by atoms with E-state index in [2.05, 4.69) is 20.6 Å². The molecule has 1 aromatic heterocycles. The molecule has 0 fully saturated rings. The maximum absolute atomic E-state index is 14.5. The summed E-state index contributed by atoms with van der Waals surface area (Å²) in [5.41, 5.74) is 12.0. The number of hydrogen-bond donors (Lipinski definition) is 4. The van der Waals surface area contributed by atoms with E-state index in [1.807, 2.05) is 13.0 Å². The first-order valence-corrected chi connectivity index (χ1v) is 8.51. The highest BCUT2D eigenvalue weighted by Crippen LogP contribution is 2.44. The van der Waals surface area contributed by atoms with Crippen molar-refractivity contribution in [3.63, 3.8) is 0 Å². The lowest BCUT2D eigenvalue weighted by Crippen LogP contribution is -2.33. The first-order valence-electron chi connectivity index (χ1n) is 8.51. The molecule has 2 heterocycles. The highest BCUT2D eigenvalue weighted by atomic mass is 19.1. The number of nitrogens with zero attached hydrogens (tertiary/aromatic N) is 4. The predicted octanol–water partition coefficient (Wildman–Crippen LogP) is 2.13. The summed E-state index contributed by atoms with van der Waals surface area (Å²) < 4.78 is 34.1. The van der Waals surface area contributed by atoms with Crippen molar-refractivity contribution in [1.29, 1.82) is 10.5 Å². The molecular weight excluding hydrogens is 382 g/mol. The summed E-state index contributed by atoms with van der Waals surface area (Å²) in [6.07, 6.45) is 2.28. The normalized spacial score (nSPS) is 14.7. The van der Waals surface area contributed by atoms with Gasteiger partial charge >= 0.3 is 0 Å². The Labute approximate surface area is 164 Å². The zero-order valence-corrected chi connectivity index (χ0v) is 15.3. The van der Waals surface area contributed by atoms with E-state index in [0.29, 0.717) is 12.5 Å². The van der Waals surface area contributed by atoms with Gasteiger partial charge in [0.25, 0.3) is 0 Å². The van der Waals surface area contributed by atoms with Crippen LogP contribution in [0.15, 0.2) is 17.1 Å². The number of hydrogen-bond acceptors (Lipinski definition) is 9. The minimum atomic E-state index is -1.11. The van der Waals surface area contributed by atoms with Crippen molar-refractivity contribution < 1.29 is 13.5 Å². The van der Waals surface area contributed by atoms with Gasteiger partial charge in [-0.2, -0.15) is 10.5 Å². The van der Waals surface area contributed by atoms with Gasteiger partial charge in [0.2, 0.25) is 5.96 Å². The highest BCUT2D eigenvalue weighted by molar-refractivity contribution is 5.98. The first kappa shape index (κ1) is 19.6. The quantitative estimate of drug-likeness (QED) is 0.450. The second-order valence-electron chi connectivity index (χ2n) is 6.06. The topological polar surface area (TPSA) is 158 Å². The van der Waals surface area contributed by atoms with Crippen LogP contribution in [0.25, 0.3) is 0 Å². The van der Waals surface area contributed by atoms with Crippen molar-refractivity contribution in [2.45, 2.75) is 19.4 Å². The Morgan fingerprint density at radius 1 is 1.31 bits per heavy atom. The van der Waals surface area contributed by atoms with Gasteiger partial charge in [0.1, 0.15) is 35.1 Å². The number of nitrogens with one attached hydrogen (secondary N) is 2. The molecule has 0 spiro atoms. The summed E-state index contributed by atoms with van der Waals surface area (Å²) in [5.74, 6) is -2.05. The fourth-order valence-corrected chi connectivity index (χ4v) is 2.95. The molecule has 1 aromatic carbocycles. The van der Waals surface area contributed by atoms with Gasteiger partial charge in [0, 0.05) is 17.2 Å². The van der Waals surface area contributed by atoms with Crippen LogP contribution < -0.4 is 26.8 Å². The van der Waals surface area contributed by atoms with Gasteiger partial charge in [-0.3, -0.25) is 5.32 Å². The number of fused-ring (bicyclic) bond motifs is 1. The van der Waals surface area contributed by atoms with E-state index in [-0.39, 0.29) is 52.3 Å². The molecule has 1 atom stereocenters. The monoisotopic (exact) mass is 398 g/mol. The minimum absolute atomic E-state index is 0.0260. The van der Waals surface area contributed by atoms with Crippen molar-refractivity contribution >= 4 is 23.3 Å². The van der Waals surface area contributed by atoms with Crippen LogP contribution in [0.1, 0.15) is 36.1 Å². The van der Waals surface area contributed by atoms with Crippen LogP contribution in [0.3, 0.4) is 0 Å². The van der Waals surface area contributed by atoms with Crippen LogP contribution in [0.4, 0.5) is 26.1 Å². The molecule has 0 saturated heterocycles. The Morgan fingerprint density at radius 2 is 2.07 bits per heavy atom. The molecule has 0 saturated carbocycles. The fourth-order valence-electron chi connectivity index (χ4n) is 2.95. The average Bonchev–Trinajstić information content (AvgIpc) is 2.66. The second kappa shape index (κ2) is 7.86. The van der Waals surface area contributed by atoms with Crippen LogP contribution >= 0.6 is 0 Å². The first-order chi connectivity index (χ1) is 13.9. The van der Waals surface area contributed by atoms with E-state index in [0.717, 1.165) is 6.07 Å². The number of nitriles is 2. The number of aromatic nitrogens is 1. The zero-order chi connectivity index (χ0) is 21.1. The minimum Gasteiger partial charge on any atom is -0.490 e. The van der Waals surface area contributed by atoms with E-state index in [4.69, 9.17) is 21.5 Å². The molecule has 11 heteroatoms.